The van der Waals surface area contributed by atoms with Gasteiger partial charge in [-0.15, -0.1) is 11.8 Å². The Kier molecular flexibility index (Phi) is 6.09. The van der Waals surface area contributed by atoms with Crippen LogP contribution >= 0.6 is 11.8 Å². The van der Waals surface area contributed by atoms with E-state index in [9.17, 15) is 14.7 Å². The quantitative estimate of drug-likeness (QED) is 0.352. The molecule has 23 heavy (non-hydrogen) atoms. The van der Waals surface area contributed by atoms with Gasteiger partial charge < -0.3 is 14.9 Å². The van der Waals surface area contributed by atoms with Crippen LogP contribution in [0.3, 0.4) is 0 Å². The second-order valence-corrected chi connectivity index (χ2v) is 8.53. The SMILES string of the molecule is CC1(C)S[C@@H]2[C@H](N=CN3CCCCCC3)C(=O)N2[C@H]1C(=O)O.[NaH]. The molecule has 6 nitrogen and oxygen atoms in total. The molecule has 3 heterocycles. The Labute approximate surface area is 163 Å². The molecule has 1 amide bonds. The number of thioether (sulfide) groups is 1. The van der Waals surface area contributed by atoms with Crippen molar-refractivity contribution in [3.63, 3.8) is 0 Å². The third kappa shape index (κ3) is 3.57. The van der Waals surface area contributed by atoms with Gasteiger partial charge in [0.1, 0.15) is 11.4 Å². The van der Waals surface area contributed by atoms with Gasteiger partial charge in [0, 0.05) is 17.8 Å². The number of aliphatic carboxylic acids is 1. The summed E-state index contributed by atoms with van der Waals surface area (Å²) in [6.07, 6.45) is 6.67. The number of nitrogens with zero attached hydrogens (tertiary/aromatic N) is 3. The number of carbonyl (C=O) groups is 2. The molecule has 3 rings (SSSR count). The fourth-order valence-corrected chi connectivity index (χ4v) is 5.13. The van der Waals surface area contributed by atoms with Crippen molar-refractivity contribution < 1.29 is 14.7 Å². The van der Waals surface area contributed by atoms with Crippen LogP contribution in [0.2, 0.25) is 0 Å². The van der Waals surface area contributed by atoms with E-state index in [1.807, 2.05) is 20.2 Å². The molecular weight excluding hydrogens is 325 g/mol. The first-order chi connectivity index (χ1) is 10.4. The van der Waals surface area contributed by atoms with Crippen molar-refractivity contribution in [1.29, 1.82) is 0 Å². The van der Waals surface area contributed by atoms with E-state index in [1.165, 1.54) is 30.6 Å². The summed E-state index contributed by atoms with van der Waals surface area (Å²) in [6.45, 7) is 5.76. The molecule has 0 saturated carbocycles. The Bertz CT molecular complexity index is 506. The number of likely N-dealkylation sites (tertiary alicyclic amines) is 1. The predicted octanol–water partition coefficient (Wildman–Crippen LogP) is 0.758. The number of β-lactam (4-membered cyclic amide) rings is 1. The van der Waals surface area contributed by atoms with Crippen molar-refractivity contribution in [2.45, 2.75) is 61.7 Å². The number of carboxylic acids is 1. The number of hydrogen-bond acceptors (Lipinski definition) is 4. The van der Waals surface area contributed by atoms with Gasteiger partial charge in [-0.05, 0) is 26.7 Å². The first kappa shape index (κ1) is 19.1. The van der Waals surface area contributed by atoms with E-state index in [0.29, 0.717) is 0 Å². The standard InChI is InChI=1S/C15H23N3O3S.Na.H/c1-15(2)11(14(20)21)18-12(19)10(13(18)22-15)16-9-17-7-5-3-4-6-8-17;;/h9-11,13H,3-8H2,1-2H3,(H,20,21);;/t10-,11+,13-;;/m1../s1. The van der Waals surface area contributed by atoms with Gasteiger partial charge in [-0.2, -0.15) is 0 Å². The summed E-state index contributed by atoms with van der Waals surface area (Å²) in [5, 5.41) is 9.25. The molecule has 8 heteroatoms. The van der Waals surface area contributed by atoms with Crippen LogP contribution in [-0.2, 0) is 9.59 Å². The minimum atomic E-state index is -0.928. The van der Waals surface area contributed by atoms with Crippen LogP contribution in [0, 0.1) is 0 Å². The van der Waals surface area contributed by atoms with Gasteiger partial charge in [0.15, 0.2) is 6.04 Å². The molecule has 0 unspecified atom stereocenters. The van der Waals surface area contributed by atoms with Gasteiger partial charge in [-0.25, -0.2) is 4.79 Å². The number of carboxylic acid groups (broad SMARTS) is 1. The van der Waals surface area contributed by atoms with Crippen molar-refractivity contribution in [3.05, 3.63) is 0 Å². The number of amides is 1. The first-order valence-electron chi connectivity index (χ1n) is 7.92. The molecule has 0 aromatic carbocycles. The van der Waals surface area contributed by atoms with Crippen LogP contribution in [-0.4, -0.2) is 98.0 Å². The van der Waals surface area contributed by atoms with Crippen LogP contribution in [0.4, 0.5) is 0 Å². The van der Waals surface area contributed by atoms with E-state index in [4.69, 9.17) is 0 Å². The van der Waals surface area contributed by atoms with Gasteiger partial charge in [0.25, 0.3) is 5.91 Å². The normalized spacial score (nSPS) is 33.0. The molecular formula is C15H24N3NaO3S. The monoisotopic (exact) mass is 349 g/mol. The molecule has 0 aromatic heterocycles. The molecule has 124 valence electrons. The van der Waals surface area contributed by atoms with Crippen LogP contribution in [0.5, 0.6) is 0 Å². The Morgan fingerprint density at radius 3 is 2.48 bits per heavy atom. The van der Waals surface area contributed by atoms with E-state index in [1.54, 1.807) is 11.8 Å². The first-order valence-corrected chi connectivity index (χ1v) is 8.80. The molecule has 1 N–H and O–H groups in total. The summed E-state index contributed by atoms with van der Waals surface area (Å²) in [4.78, 5) is 31.9. The van der Waals surface area contributed by atoms with Gasteiger partial charge in [-0.3, -0.25) is 9.79 Å². The molecule has 3 fully saturated rings. The van der Waals surface area contributed by atoms with Crippen molar-refractivity contribution in [3.8, 4) is 0 Å². The Morgan fingerprint density at radius 1 is 1.30 bits per heavy atom. The Hall–Kier alpha value is -0.240. The van der Waals surface area contributed by atoms with E-state index >= 15 is 0 Å². The summed E-state index contributed by atoms with van der Waals surface area (Å²) in [5.74, 6) is -1.08. The fraction of sp³-hybridized carbons (Fsp3) is 0.800. The van der Waals surface area contributed by atoms with Gasteiger partial charge in [0.05, 0.1) is 6.34 Å². The number of aliphatic imine (C=N–C) groups is 1. The molecule has 0 spiro atoms. The Balaban J connectivity index is 0.00000192. The fourth-order valence-electron chi connectivity index (χ4n) is 3.51. The molecule has 3 aliphatic rings. The molecule has 0 aromatic rings. The maximum atomic E-state index is 12.3. The number of hydrogen-bond donors (Lipinski definition) is 1. The minimum absolute atomic E-state index is 0. The zero-order valence-electron chi connectivity index (χ0n) is 13.1. The van der Waals surface area contributed by atoms with Gasteiger partial charge in [0.2, 0.25) is 0 Å². The summed E-state index contributed by atoms with van der Waals surface area (Å²) in [6, 6.07) is -1.17. The molecule has 3 aliphatic heterocycles. The molecule has 0 bridgehead atoms. The maximum absolute atomic E-state index is 12.3. The average molecular weight is 349 g/mol. The van der Waals surface area contributed by atoms with Crippen LogP contribution in [0.25, 0.3) is 0 Å². The van der Waals surface area contributed by atoms with Crippen LogP contribution in [0.15, 0.2) is 4.99 Å². The summed E-state index contributed by atoms with van der Waals surface area (Å²) >= 11 is 1.55. The number of rotatable bonds is 3. The summed E-state index contributed by atoms with van der Waals surface area (Å²) in [7, 11) is 0. The van der Waals surface area contributed by atoms with E-state index < -0.39 is 22.8 Å². The van der Waals surface area contributed by atoms with Crippen molar-refractivity contribution in [1.82, 2.24) is 9.80 Å². The Morgan fingerprint density at radius 2 is 1.91 bits per heavy atom. The number of carbonyl (C=O) groups excluding carboxylic acids is 1. The van der Waals surface area contributed by atoms with Crippen LogP contribution < -0.4 is 0 Å². The van der Waals surface area contributed by atoms with Crippen molar-refractivity contribution in [2.75, 3.05) is 13.1 Å². The van der Waals surface area contributed by atoms with Gasteiger partial charge in [-0.1, -0.05) is 12.8 Å². The third-order valence-corrected chi connectivity index (χ3v) is 6.24. The number of fused-ring (bicyclic) bond motifs is 1. The summed E-state index contributed by atoms with van der Waals surface area (Å²) < 4.78 is -0.473. The predicted molar refractivity (Wildman–Crippen MR) is 93.2 cm³/mol. The van der Waals surface area contributed by atoms with Gasteiger partial charge >= 0.3 is 35.5 Å². The van der Waals surface area contributed by atoms with E-state index in [-0.39, 0.29) is 40.8 Å². The van der Waals surface area contributed by atoms with E-state index in [2.05, 4.69) is 9.89 Å². The average Bonchev–Trinajstić information content (AvgIpc) is 2.60. The topological polar surface area (TPSA) is 73.2 Å². The molecule has 3 atom stereocenters. The zero-order valence-corrected chi connectivity index (χ0v) is 13.9. The molecule has 3 saturated heterocycles. The third-order valence-electron chi connectivity index (χ3n) is 4.68. The summed E-state index contributed by atoms with van der Waals surface area (Å²) in [5.41, 5.74) is 0. The van der Waals surface area contributed by atoms with Crippen molar-refractivity contribution in [2.24, 2.45) is 4.99 Å². The molecule has 0 radical (unpaired) electrons. The van der Waals surface area contributed by atoms with E-state index in [0.717, 1.165) is 13.1 Å². The second kappa shape index (κ2) is 7.33. The van der Waals surface area contributed by atoms with Crippen LogP contribution in [0.1, 0.15) is 39.5 Å². The second-order valence-electron chi connectivity index (χ2n) is 6.76. The van der Waals surface area contributed by atoms with Crippen molar-refractivity contribution >= 4 is 59.5 Å². The zero-order chi connectivity index (χ0) is 15.9. The molecule has 0 aliphatic carbocycles.